The second-order valence-corrected chi connectivity index (χ2v) is 8.51. The second kappa shape index (κ2) is 7.46. The van der Waals surface area contributed by atoms with Crippen molar-refractivity contribution in [1.82, 2.24) is 5.32 Å². The Labute approximate surface area is 175 Å². The van der Waals surface area contributed by atoms with Crippen molar-refractivity contribution in [2.75, 3.05) is 13.7 Å². The summed E-state index contributed by atoms with van der Waals surface area (Å²) >= 11 is 12.8. The Morgan fingerprint density at radius 2 is 1.96 bits per heavy atom. The first-order chi connectivity index (χ1) is 13.5. The highest BCUT2D eigenvalue weighted by Crippen LogP contribution is 2.58. The third kappa shape index (κ3) is 3.01. The summed E-state index contributed by atoms with van der Waals surface area (Å²) in [7, 11) is 1.64. The maximum absolute atomic E-state index is 12.7. The lowest BCUT2D eigenvalue weighted by Crippen LogP contribution is -2.41. The molecular formula is C23H23Cl2NO2. The molecule has 28 heavy (non-hydrogen) atoms. The van der Waals surface area contributed by atoms with Gasteiger partial charge >= 0.3 is 0 Å². The molecule has 4 atom stereocenters. The van der Waals surface area contributed by atoms with E-state index in [1.165, 1.54) is 5.56 Å². The summed E-state index contributed by atoms with van der Waals surface area (Å²) in [5, 5.41) is 4.48. The Morgan fingerprint density at radius 1 is 1.21 bits per heavy atom. The maximum Gasteiger partial charge on any atom is 0.230 e. The van der Waals surface area contributed by atoms with E-state index in [1.54, 1.807) is 7.11 Å². The summed E-state index contributed by atoms with van der Waals surface area (Å²) in [5.41, 5.74) is 1.74. The summed E-state index contributed by atoms with van der Waals surface area (Å²) in [6.45, 7) is 4.67. The molecule has 2 aromatic rings. The van der Waals surface area contributed by atoms with Crippen LogP contribution >= 0.6 is 23.2 Å². The molecule has 2 aliphatic rings. The zero-order valence-corrected chi connectivity index (χ0v) is 17.3. The topological polar surface area (TPSA) is 38.3 Å². The minimum Gasteiger partial charge on any atom is -0.497 e. The minimum absolute atomic E-state index is 0.0886. The standard InChI is InChI=1S/C23H23Cl2NO2/c1-3-23-11-10-18(17-9-8-16(28-2)12-20(17)25)21(19(23)13-26-22(23)27)14-4-6-15(24)7-5-14/h3-9,12,18-19,21H,1,10-11,13H2,2H3,(H,26,27). The van der Waals surface area contributed by atoms with Gasteiger partial charge in [-0.15, -0.1) is 6.58 Å². The number of hydrogen-bond donors (Lipinski definition) is 1. The number of rotatable bonds is 4. The first kappa shape index (κ1) is 19.4. The third-order valence-corrected chi connectivity index (χ3v) is 7.11. The molecule has 1 aliphatic heterocycles. The number of amides is 1. The van der Waals surface area contributed by atoms with Crippen molar-refractivity contribution in [3.63, 3.8) is 0 Å². The molecule has 0 spiro atoms. The number of methoxy groups -OCH3 is 1. The van der Waals surface area contributed by atoms with E-state index in [1.807, 2.05) is 30.3 Å². The number of halogens is 2. The number of nitrogens with one attached hydrogen (secondary N) is 1. The summed E-state index contributed by atoms with van der Waals surface area (Å²) < 4.78 is 5.31. The Bertz CT molecular complexity index is 911. The van der Waals surface area contributed by atoms with Crippen LogP contribution in [0.3, 0.4) is 0 Å². The fourth-order valence-corrected chi connectivity index (χ4v) is 5.54. The van der Waals surface area contributed by atoms with E-state index in [0.717, 1.165) is 24.2 Å². The smallest absolute Gasteiger partial charge is 0.230 e. The fraction of sp³-hybridized carbons (Fsp3) is 0.348. The summed E-state index contributed by atoms with van der Waals surface area (Å²) in [5.74, 6) is 1.28. The number of fused-ring (bicyclic) bond motifs is 1. The van der Waals surface area contributed by atoms with Crippen molar-refractivity contribution in [2.24, 2.45) is 11.3 Å². The molecule has 0 radical (unpaired) electrons. The van der Waals surface area contributed by atoms with Crippen LogP contribution in [0.1, 0.15) is 35.8 Å². The van der Waals surface area contributed by atoms with Gasteiger partial charge in [0.15, 0.2) is 0 Å². The molecule has 2 fully saturated rings. The Hall–Kier alpha value is -1.97. The molecule has 1 saturated carbocycles. The lowest BCUT2D eigenvalue weighted by atomic mass is 9.56. The van der Waals surface area contributed by atoms with Crippen LogP contribution in [-0.4, -0.2) is 19.6 Å². The average Bonchev–Trinajstić information content (AvgIpc) is 3.05. The molecule has 146 valence electrons. The molecule has 4 rings (SSSR count). The van der Waals surface area contributed by atoms with Gasteiger partial charge in [0.05, 0.1) is 12.5 Å². The largest absolute Gasteiger partial charge is 0.497 e. The monoisotopic (exact) mass is 415 g/mol. The van der Waals surface area contributed by atoms with Gasteiger partial charge in [-0.2, -0.15) is 0 Å². The molecule has 0 bridgehead atoms. The van der Waals surface area contributed by atoms with E-state index in [-0.39, 0.29) is 23.7 Å². The maximum atomic E-state index is 12.7. The number of benzene rings is 2. The van der Waals surface area contributed by atoms with Crippen molar-refractivity contribution < 1.29 is 9.53 Å². The van der Waals surface area contributed by atoms with Crippen LogP contribution < -0.4 is 10.1 Å². The lowest BCUT2D eigenvalue weighted by molar-refractivity contribution is -0.127. The normalized spacial score (nSPS) is 29.1. The van der Waals surface area contributed by atoms with Gasteiger partial charge in [-0.3, -0.25) is 4.79 Å². The molecular weight excluding hydrogens is 393 g/mol. The van der Waals surface area contributed by atoms with Crippen molar-refractivity contribution >= 4 is 29.1 Å². The predicted octanol–water partition coefficient (Wildman–Crippen LogP) is 5.58. The second-order valence-electron chi connectivity index (χ2n) is 7.67. The van der Waals surface area contributed by atoms with Crippen LogP contribution in [0.5, 0.6) is 5.75 Å². The predicted molar refractivity (Wildman–Crippen MR) is 113 cm³/mol. The molecule has 1 heterocycles. The van der Waals surface area contributed by atoms with Gasteiger partial charge in [0.1, 0.15) is 5.75 Å². The minimum atomic E-state index is -0.528. The van der Waals surface area contributed by atoms with Crippen LogP contribution in [0, 0.1) is 11.3 Å². The number of carbonyl (C=O) groups excluding carboxylic acids is 1. The number of ether oxygens (including phenoxy) is 1. The van der Waals surface area contributed by atoms with Gasteiger partial charge < -0.3 is 10.1 Å². The van der Waals surface area contributed by atoms with Gasteiger partial charge in [0, 0.05) is 22.5 Å². The van der Waals surface area contributed by atoms with Crippen LogP contribution in [0.25, 0.3) is 0 Å². The molecule has 4 unspecified atom stereocenters. The van der Waals surface area contributed by atoms with E-state index < -0.39 is 5.41 Å². The van der Waals surface area contributed by atoms with Crippen LogP contribution in [0.15, 0.2) is 55.1 Å². The van der Waals surface area contributed by atoms with Crippen molar-refractivity contribution in [3.8, 4) is 5.75 Å². The highest BCUT2D eigenvalue weighted by molar-refractivity contribution is 6.31. The Kier molecular flexibility index (Phi) is 5.15. The van der Waals surface area contributed by atoms with Crippen LogP contribution in [0.4, 0.5) is 0 Å². The highest BCUT2D eigenvalue weighted by atomic mass is 35.5. The number of hydrogen-bond acceptors (Lipinski definition) is 2. The molecule has 1 saturated heterocycles. The van der Waals surface area contributed by atoms with E-state index in [2.05, 4.69) is 30.1 Å². The summed E-state index contributed by atoms with van der Waals surface area (Å²) in [6.07, 6.45) is 3.48. The van der Waals surface area contributed by atoms with E-state index in [0.29, 0.717) is 16.6 Å². The lowest BCUT2D eigenvalue weighted by Gasteiger charge is -2.45. The van der Waals surface area contributed by atoms with Crippen LogP contribution in [0.2, 0.25) is 10.0 Å². The van der Waals surface area contributed by atoms with Crippen molar-refractivity contribution in [1.29, 1.82) is 0 Å². The average molecular weight is 416 g/mol. The molecule has 3 nitrogen and oxygen atoms in total. The summed E-state index contributed by atoms with van der Waals surface area (Å²) in [4.78, 5) is 12.7. The molecule has 1 aliphatic carbocycles. The van der Waals surface area contributed by atoms with Crippen LogP contribution in [-0.2, 0) is 4.79 Å². The third-order valence-electron chi connectivity index (χ3n) is 6.53. The first-order valence-corrected chi connectivity index (χ1v) is 10.3. The van der Waals surface area contributed by atoms with Gasteiger partial charge in [0.25, 0.3) is 0 Å². The number of carbonyl (C=O) groups is 1. The van der Waals surface area contributed by atoms with Crippen molar-refractivity contribution in [2.45, 2.75) is 24.7 Å². The van der Waals surface area contributed by atoms with E-state index >= 15 is 0 Å². The van der Waals surface area contributed by atoms with E-state index in [4.69, 9.17) is 27.9 Å². The quantitative estimate of drug-likeness (QED) is 0.661. The highest BCUT2D eigenvalue weighted by Gasteiger charge is 2.56. The Morgan fingerprint density at radius 3 is 2.61 bits per heavy atom. The van der Waals surface area contributed by atoms with Gasteiger partial charge in [-0.25, -0.2) is 0 Å². The molecule has 1 amide bonds. The first-order valence-electron chi connectivity index (χ1n) is 9.51. The van der Waals surface area contributed by atoms with Gasteiger partial charge in [0.2, 0.25) is 5.91 Å². The summed E-state index contributed by atoms with van der Waals surface area (Å²) in [6, 6.07) is 13.8. The fourth-order valence-electron chi connectivity index (χ4n) is 5.10. The zero-order valence-electron chi connectivity index (χ0n) is 15.8. The van der Waals surface area contributed by atoms with Gasteiger partial charge in [-0.1, -0.05) is 47.5 Å². The molecule has 5 heteroatoms. The molecule has 2 aromatic carbocycles. The van der Waals surface area contributed by atoms with Gasteiger partial charge in [-0.05, 0) is 60.1 Å². The molecule has 1 N–H and O–H groups in total. The van der Waals surface area contributed by atoms with Crippen molar-refractivity contribution in [3.05, 3.63) is 76.3 Å². The SMILES string of the molecule is C=CC12CCC(c3ccc(OC)cc3Cl)C(c3ccc(Cl)cc3)C1CNC2=O. The van der Waals surface area contributed by atoms with E-state index in [9.17, 15) is 4.79 Å². The molecule has 0 aromatic heterocycles. The Balaban J connectivity index is 1.83. The zero-order chi connectivity index (χ0) is 19.9.